The maximum absolute atomic E-state index is 11.7. The Morgan fingerprint density at radius 1 is 1.02 bits per heavy atom. The van der Waals surface area contributed by atoms with Crippen molar-refractivity contribution in [2.75, 3.05) is 29.7 Å². The van der Waals surface area contributed by atoms with E-state index in [1.165, 1.54) is 12.1 Å². The Morgan fingerprint density at radius 3 is 2.52 bits per heavy atom. The molecule has 40 heavy (non-hydrogen) atoms. The lowest BCUT2D eigenvalue weighted by Gasteiger charge is -2.19. The lowest BCUT2D eigenvalue weighted by Crippen LogP contribution is -2.13. The van der Waals surface area contributed by atoms with Crippen LogP contribution >= 0.6 is 12.4 Å². The van der Waals surface area contributed by atoms with Crippen LogP contribution in [0.3, 0.4) is 0 Å². The molecule has 0 spiro atoms. The average molecular weight is 581 g/mol. The summed E-state index contributed by atoms with van der Waals surface area (Å²) >= 11 is 0. The molecule has 13 heteroatoms. The summed E-state index contributed by atoms with van der Waals surface area (Å²) in [7, 11) is 1.71. The van der Waals surface area contributed by atoms with Gasteiger partial charge in [0.05, 0.1) is 23.0 Å². The third kappa shape index (κ3) is 6.25. The molecule has 0 aliphatic rings. The number of nitrogens with one attached hydrogen (secondary N) is 2. The van der Waals surface area contributed by atoms with Gasteiger partial charge in [-0.15, -0.1) is 12.4 Å². The van der Waals surface area contributed by atoms with Crippen LogP contribution in [0.2, 0.25) is 0 Å². The lowest BCUT2D eigenvalue weighted by atomic mass is 10.2. The van der Waals surface area contributed by atoms with E-state index in [1.54, 1.807) is 31.5 Å². The summed E-state index contributed by atoms with van der Waals surface area (Å²) in [5.41, 5.74) is 4.34. The number of sulfonamides is 1. The molecule has 0 aliphatic carbocycles. The number of anilines is 5. The van der Waals surface area contributed by atoms with Crippen LogP contribution in [0.1, 0.15) is 5.56 Å². The number of hydrogen-bond donors (Lipinski definition) is 3. The van der Waals surface area contributed by atoms with Crippen molar-refractivity contribution < 1.29 is 13.2 Å². The van der Waals surface area contributed by atoms with Gasteiger partial charge in [-0.25, -0.2) is 23.5 Å². The van der Waals surface area contributed by atoms with Crippen LogP contribution in [0.5, 0.6) is 5.75 Å². The van der Waals surface area contributed by atoms with Crippen LogP contribution in [0.25, 0.3) is 11.0 Å². The van der Waals surface area contributed by atoms with Gasteiger partial charge in [0.2, 0.25) is 21.9 Å². The minimum Gasteiger partial charge on any atom is -0.497 e. The molecular weight excluding hydrogens is 552 g/mol. The highest BCUT2D eigenvalue weighted by atomic mass is 35.5. The van der Waals surface area contributed by atoms with Crippen molar-refractivity contribution in [3.05, 3.63) is 84.6 Å². The van der Waals surface area contributed by atoms with Gasteiger partial charge in [-0.1, -0.05) is 18.2 Å². The zero-order chi connectivity index (χ0) is 27.6. The summed E-state index contributed by atoms with van der Waals surface area (Å²) in [6.07, 6.45) is 1.63. The van der Waals surface area contributed by atoms with Crippen molar-refractivity contribution in [2.45, 2.75) is 11.4 Å². The molecule has 0 unspecified atom stereocenters. The molecule has 0 atom stereocenters. The highest BCUT2D eigenvalue weighted by molar-refractivity contribution is 7.89. The van der Waals surface area contributed by atoms with E-state index >= 15 is 0 Å². The quantitative estimate of drug-likeness (QED) is 0.229. The van der Waals surface area contributed by atoms with Crippen LogP contribution in [-0.2, 0) is 23.6 Å². The summed E-state index contributed by atoms with van der Waals surface area (Å²) in [4.78, 5) is 15.6. The van der Waals surface area contributed by atoms with Crippen LogP contribution in [0, 0.1) is 0 Å². The highest BCUT2D eigenvalue weighted by Crippen LogP contribution is 2.28. The SMILES string of the molecule is COc1ccc(CNc2nc3cc(N(C)c4ccnc(Nc5cccc(S(N)(=O)=O)c5)n4)ccc3n2C)cc1.Cl. The minimum absolute atomic E-state index is 0. The number of nitrogens with zero attached hydrogens (tertiary/aromatic N) is 5. The predicted molar refractivity (Wildman–Crippen MR) is 159 cm³/mol. The normalized spacial score (nSPS) is 11.1. The molecule has 0 fully saturated rings. The summed E-state index contributed by atoms with van der Waals surface area (Å²) in [6, 6.07) is 21.9. The number of halogens is 1. The molecule has 5 aromatic rings. The summed E-state index contributed by atoms with van der Waals surface area (Å²) in [5.74, 6) is 2.54. The Balaban J connectivity index is 0.00000370. The van der Waals surface area contributed by atoms with E-state index in [4.69, 9.17) is 14.9 Å². The van der Waals surface area contributed by atoms with E-state index in [1.807, 2.05) is 66.0 Å². The van der Waals surface area contributed by atoms with Gasteiger partial charge < -0.3 is 24.8 Å². The fourth-order valence-electron chi connectivity index (χ4n) is 4.09. The van der Waals surface area contributed by atoms with Gasteiger partial charge in [-0.3, -0.25) is 0 Å². The molecule has 2 aromatic heterocycles. The number of methoxy groups -OCH3 is 1. The topological polar surface area (TPSA) is 140 Å². The second-order valence-corrected chi connectivity index (χ2v) is 10.4. The van der Waals surface area contributed by atoms with Gasteiger partial charge in [0.25, 0.3) is 0 Å². The maximum Gasteiger partial charge on any atom is 0.238 e. The average Bonchev–Trinajstić information content (AvgIpc) is 3.26. The van der Waals surface area contributed by atoms with Crippen molar-refractivity contribution in [3.63, 3.8) is 0 Å². The Hall–Kier alpha value is -4.39. The lowest BCUT2D eigenvalue weighted by molar-refractivity contribution is 0.414. The summed E-state index contributed by atoms with van der Waals surface area (Å²) in [6.45, 7) is 0.630. The standard InChI is InChI=1S/C27H28N8O3S.ClH/c1-34(25-13-14-29-26(33-25)31-19-5-4-6-22(15-19)39(28,36)37)20-9-12-24-23(16-20)32-27(35(24)2)30-17-18-7-10-21(38-3)11-8-18;/h4-16H,17H2,1-3H3,(H,30,32)(H2,28,36,37)(H,29,31,33);1H. The van der Waals surface area contributed by atoms with Crippen LogP contribution in [0.15, 0.2) is 83.9 Å². The predicted octanol–water partition coefficient (Wildman–Crippen LogP) is 4.56. The van der Waals surface area contributed by atoms with Gasteiger partial charge in [0, 0.05) is 38.2 Å². The largest absolute Gasteiger partial charge is 0.497 e. The molecule has 11 nitrogen and oxygen atoms in total. The first-order valence-electron chi connectivity index (χ1n) is 12.0. The second-order valence-electron chi connectivity index (χ2n) is 8.86. The Morgan fingerprint density at radius 2 is 1.80 bits per heavy atom. The zero-order valence-corrected chi connectivity index (χ0v) is 23.7. The van der Waals surface area contributed by atoms with E-state index < -0.39 is 10.0 Å². The molecule has 0 saturated heterocycles. The number of fused-ring (bicyclic) bond motifs is 1. The number of aromatic nitrogens is 4. The van der Waals surface area contributed by atoms with Gasteiger partial charge >= 0.3 is 0 Å². The highest BCUT2D eigenvalue weighted by Gasteiger charge is 2.13. The number of nitrogens with two attached hydrogens (primary N) is 1. The molecule has 2 heterocycles. The van der Waals surface area contributed by atoms with Crippen molar-refractivity contribution in [1.82, 2.24) is 19.5 Å². The van der Waals surface area contributed by atoms with Gasteiger partial charge in [-0.05, 0) is 60.2 Å². The molecule has 208 valence electrons. The van der Waals surface area contributed by atoms with E-state index in [0.29, 0.717) is 24.0 Å². The third-order valence-electron chi connectivity index (χ3n) is 6.26. The van der Waals surface area contributed by atoms with E-state index in [9.17, 15) is 8.42 Å². The second kappa shape index (κ2) is 11.8. The molecular formula is C27H29ClN8O3S. The first kappa shape index (κ1) is 28.6. The Labute approximate surface area is 238 Å². The number of primary sulfonamides is 1. The summed E-state index contributed by atoms with van der Waals surface area (Å²) < 4.78 is 30.6. The van der Waals surface area contributed by atoms with E-state index in [0.717, 1.165) is 34.0 Å². The number of ether oxygens (including phenoxy) is 1. The number of rotatable bonds is 9. The molecule has 4 N–H and O–H groups in total. The summed E-state index contributed by atoms with van der Waals surface area (Å²) in [5, 5.41) is 11.7. The minimum atomic E-state index is -3.82. The fourth-order valence-corrected chi connectivity index (χ4v) is 4.65. The monoisotopic (exact) mass is 580 g/mol. The van der Waals surface area contributed by atoms with E-state index in [-0.39, 0.29) is 17.3 Å². The zero-order valence-electron chi connectivity index (χ0n) is 22.1. The number of imidazole rings is 1. The van der Waals surface area contributed by atoms with Gasteiger partial charge in [-0.2, -0.15) is 4.98 Å². The van der Waals surface area contributed by atoms with Crippen molar-refractivity contribution in [2.24, 2.45) is 12.2 Å². The molecule has 5 rings (SSSR count). The Kier molecular flexibility index (Phi) is 8.43. The molecule has 3 aromatic carbocycles. The Bertz CT molecular complexity index is 1740. The van der Waals surface area contributed by atoms with Crippen LogP contribution in [0.4, 0.5) is 29.1 Å². The molecule has 0 bridgehead atoms. The third-order valence-corrected chi connectivity index (χ3v) is 7.18. The van der Waals surface area contributed by atoms with Crippen LogP contribution < -0.4 is 25.4 Å². The van der Waals surface area contributed by atoms with Gasteiger partial charge in [0.15, 0.2) is 0 Å². The van der Waals surface area contributed by atoms with Gasteiger partial charge in [0.1, 0.15) is 11.6 Å². The van der Waals surface area contributed by atoms with E-state index in [2.05, 4.69) is 20.6 Å². The van der Waals surface area contributed by atoms with Crippen LogP contribution in [-0.4, -0.2) is 42.1 Å². The molecule has 0 amide bonds. The smallest absolute Gasteiger partial charge is 0.238 e. The maximum atomic E-state index is 11.7. The number of hydrogen-bond acceptors (Lipinski definition) is 9. The number of aryl methyl sites for hydroxylation is 1. The molecule has 0 saturated carbocycles. The van der Waals surface area contributed by atoms with Crippen molar-refractivity contribution >= 4 is 62.6 Å². The van der Waals surface area contributed by atoms with Crippen molar-refractivity contribution in [1.29, 1.82) is 0 Å². The van der Waals surface area contributed by atoms with Crippen molar-refractivity contribution in [3.8, 4) is 5.75 Å². The molecule has 0 aliphatic heterocycles. The molecule has 0 radical (unpaired) electrons. The fraction of sp³-hybridized carbons (Fsp3) is 0.148. The number of benzene rings is 3. The first-order valence-corrected chi connectivity index (χ1v) is 13.6. The first-order chi connectivity index (χ1) is 18.7.